The van der Waals surface area contributed by atoms with Crippen LogP contribution >= 0.6 is 0 Å². The van der Waals surface area contributed by atoms with Gasteiger partial charge in [0.1, 0.15) is 0 Å². The monoisotopic (exact) mass is 699 g/mol. The molecule has 50 heavy (non-hydrogen) atoms. The molecule has 0 saturated heterocycles. The summed E-state index contributed by atoms with van der Waals surface area (Å²) in [6.45, 7) is 14.6. The largest absolute Gasteiger partial charge is 0.462 e. The highest BCUT2D eigenvalue weighted by atomic mass is 16.5. The van der Waals surface area contributed by atoms with Crippen molar-refractivity contribution in [1.82, 2.24) is 0 Å². The molecule has 0 radical (unpaired) electrons. The molecule has 0 amide bonds. The third-order valence-corrected chi connectivity index (χ3v) is 11.1. The molecule has 1 aromatic carbocycles. The molecule has 0 saturated carbocycles. The second-order valence-corrected chi connectivity index (χ2v) is 15.9. The number of carbonyl (C=O) groups excluding carboxylic acids is 2. The van der Waals surface area contributed by atoms with E-state index in [1.54, 1.807) is 24.3 Å². The maximum Gasteiger partial charge on any atom is 0.339 e. The molecule has 0 aromatic heterocycles. The van der Waals surface area contributed by atoms with Gasteiger partial charge in [0, 0.05) is 0 Å². The molecule has 4 heteroatoms. The first-order valence-corrected chi connectivity index (χ1v) is 21.8. The highest BCUT2D eigenvalue weighted by molar-refractivity contribution is 6.03. The van der Waals surface area contributed by atoms with Gasteiger partial charge in [0.25, 0.3) is 0 Å². The van der Waals surface area contributed by atoms with E-state index < -0.39 is 11.9 Å². The summed E-state index contributed by atoms with van der Waals surface area (Å²) < 4.78 is 11.5. The van der Waals surface area contributed by atoms with Crippen molar-refractivity contribution in [3.63, 3.8) is 0 Å². The number of esters is 2. The molecule has 4 unspecified atom stereocenters. The number of rotatable bonds is 34. The summed E-state index contributed by atoms with van der Waals surface area (Å²) >= 11 is 0. The van der Waals surface area contributed by atoms with Crippen LogP contribution in [0.1, 0.15) is 229 Å². The van der Waals surface area contributed by atoms with Crippen molar-refractivity contribution < 1.29 is 19.1 Å². The quantitative estimate of drug-likeness (QED) is 0.0531. The lowest BCUT2D eigenvalue weighted by Crippen LogP contribution is -2.19. The molecule has 0 spiro atoms. The fourth-order valence-corrected chi connectivity index (χ4v) is 7.23. The zero-order chi connectivity index (χ0) is 36.7. The number of hydrogen-bond donors (Lipinski definition) is 0. The molecule has 0 aliphatic carbocycles. The highest BCUT2D eigenvalue weighted by Crippen LogP contribution is 2.22. The molecule has 0 bridgehead atoms. The molecule has 0 aliphatic rings. The smallest absolute Gasteiger partial charge is 0.339 e. The van der Waals surface area contributed by atoms with Gasteiger partial charge in [0.15, 0.2) is 0 Å². The van der Waals surface area contributed by atoms with E-state index in [1.807, 2.05) is 0 Å². The van der Waals surface area contributed by atoms with Crippen molar-refractivity contribution in [2.75, 3.05) is 13.2 Å². The lowest BCUT2D eigenvalue weighted by atomic mass is 9.95. The van der Waals surface area contributed by atoms with Crippen LogP contribution in [0.15, 0.2) is 24.3 Å². The van der Waals surface area contributed by atoms with Crippen molar-refractivity contribution in [2.24, 2.45) is 23.7 Å². The van der Waals surface area contributed by atoms with E-state index in [0.717, 1.165) is 37.5 Å². The van der Waals surface area contributed by atoms with Crippen LogP contribution < -0.4 is 0 Å². The Bertz CT molecular complexity index is 867. The number of benzene rings is 1. The Morgan fingerprint density at radius 1 is 0.460 bits per heavy atom. The molecule has 0 heterocycles. The zero-order valence-electron chi connectivity index (χ0n) is 34.1. The normalized spacial score (nSPS) is 13.9. The predicted octanol–water partition coefficient (Wildman–Crippen LogP) is 14.7. The molecule has 1 aromatic rings. The van der Waals surface area contributed by atoms with Crippen LogP contribution in [-0.2, 0) is 9.47 Å². The Balaban J connectivity index is 2.29. The second kappa shape index (κ2) is 31.9. The summed E-state index contributed by atoms with van der Waals surface area (Å²) in [7, 11) is 0. The summed E-state index contributed by atoms with van der Waals surface area (Å²) in [5, 5.41) is 0. The maximum absolute atomic E-state index is 13.1. The maximum atomic E-state index is 13.1. The van der Waals surface area contributed by atoms with Gasteiger partial charge in [-0.3, -0.25) is 0 Å². The van der Waals surface area contributed by atoms with Gasteiger partial charge >= 0.3 is 11.9 Å². The number of hydrogen-bond acceptors (Lipinski definition) is 4. The third-order valence-electron chi connectivity index (χ3n) is 11.1. The van der Waals surface area contributed by atoms with Crippen molar-refractivity contribution in [3.8, 4) is 0 Å². The number of carbonyl (C=O) groups is 2. The SMILES string of the molecule is CCCCCC(C)CCCCCCCCC(CC)COC(=O)c1ccccc1C(=O)OCC(CC)CCCCCCCCC(C)CCCCC. The van der Waals surface area contributed by atoms with Crippen molar-refractivity contribution >= 4 is 11.9 Å². The Labute approximate surface area is 311 Å². The van der Waals surface area contributed by atoms with Crippen LogP contribution in [0.5, 0.6) is 0 Å². The van der Waals surface area contributed by atoms with Crippen molar-refractivity contribution in [3.05, 3.63) is 35.4 Å². The number of ether oxygens (including phenoxy) is 2. The van der Waals surface area contributed by atoms with E-state index in [-0.39, 0.29) is 0 Å². The fourth-order valence-electron chi connectivity index (χ4n) is 7.23. The molecular formula is C46H82O4. The summed E-state index contributed by atoms with van der Waals surface area (Å²) in [5.41, 5.74) is 0.630. The van der Waals surface area contributed by atoms with E-state index in [1.165, 1.54) is 141 Å². The van der Waals surface area contributed by atoms with Crippen LogP contribution in [0.25, 0.3) is 0 Å². The molecule has 1 rings (SSSR count). The Morgan fingerprint density at radius 2 is 0.760 bits per heavy atom. The Kier molecular flexibility index (Phi) is 29.4. The molecular weight excluding hydrogens is 617 g/mol. The minimum absolute atomic E-state index is 0.315. The van der Waals surface area contributed by atoms with Gasteiger partial charge < -0.3 is 9.47 Å². The average molecular weight is 699 g/mol. The van der Waals surface area contributed by atoms with Crippen molar-refractivity contribution in [2.45, 2.75) is 208 Å². The summed E-state index contributed by atoms with van der Waals surface area (Å²) in [6.07, 6.45) is 33.4. The minimum Gasteiger partial charge on any atom is -0.462 e. The fraction of sp³-hybridized carbons (Fsp3) is 0.826. The third kappa shape index (κ3) is 23.6. The first kappa shape index (κ1) is 46.2. The van der Waals surface area contributed by atoms with Gasteiger partial charge in [-0.2, -0.15) is 0 Å². The van der Waals surface area contributed by atoms with Gasteiger partial charge in [0.2, 0.25) is 0 Å². The second-order valence-electron chi connectivity index (χ2n) is 15.9. The molecule has 0 aliphatic heterocycles. The zero-order valence-corrected chi connectivity index (χ0v) is 34.1. The average Bonchev–Trinajstić information content (AvgIpc) is 3.12. The molecule has 0 fully saturated rings. The van der Waals surface area contributed by atoms with Gasteiger partial charge in [-0.15, -0.1) is 0 Å². The van der Waals surface area contributed by atoms with Crippen LogP contribution in [0.2, 0.25) is 0 Å². The van der Waals surface area contributed by atoms with Crippen LogP contribution in [0.3, 0.4) is 0 Å². The van der Waals surface area contributed by atoms with E-state index in [2.05, 4.69) is 41.5 Å². The van der Waals surface area contributed by atoms with Crippen LogP contribution in [0.4, 0.5) is 0 Å². The van der Waals surface area contributed by atoms with Gasteiger partial charge in [-0.25, -0.2) is 9.59 Å². The lowest BCUT2D eigenvalue weighted by molar-refractivity contribution is 0.0381. The van der Waals surface area contributed by atoms with E-state index >= 15 is 0 Å². The highest BCUT2D eigenvalue weighted by Gasteiger charge is 2.21. The lowest BCUT2D eigenvalue weighted by Gasteiger charge is -2.17. The van der Waals surface area contributed by atoms with Crippen LogP contribution in [0, 0.1) is 23.7 Å². The van der Waals surface area contributed by atoms with Crippen LogP contribution in [-0.4, -0.2) is 25.2 Å². The molecule has 4 nitrogen and oxygen atoms in total. The summed E-state index contributed by atoms with van der Waals surface area (Å²) in [6, 6.07) is 6.97. The van der Waals surface area contributed by atoms with Gasteiger partial charge in [-0.1, -0.05) is 208 Å². The summed E-state index contributed by atoms with van der Waals surface area (Å²) in [5.74, 6) is 1.64. The predicted molar refractivity (Wildman–Crippen MR) is 215 cm³/mol. The Morgan fingerprint density at radius 3 is 1.08 bits per heavy atom. The van der Waals surface area contributed by atoms with Crippen molar-refractivity contribution in [1.29, 1.82) is 0 Å². The first-order valence-electron chi connectivity index (χ1n) is 21.8. The topological polar surface area (TPSA) is 52.6 Å². The molecule has 0 N–H and O–H groups in total. The Hall–Kier alpha value is -1.84. The minimum atomic E-state index is -0.419. The van der Waals surface area contributed by atoms with E-state index in [0.29, 0.717) is 36.2 Å². The number of unbranched alkanes of at least 4 members (excludes halogenated alkanes) is 14. The summed E-state index contributed by atoms with van der Waals surface area (Å²) in [4.78, 5) is 26.2. The molecule has 4 atom stereocenters. The van der Waals surface area contributed by atoms with Gasteiger partial charge in [-0.05, 0) is 48.6 Å². The van der Waals surface area contributed by atoms with Gasteiger partial charge in [0.05, 0.1) is 24.3 Å². The first-order chi connectivity index (χ1) is 24.4. The molecule has 290 valence electrons. The van der Waals surface area contributed by atoms with E-state index in [9.17, 15) is 9.59 Å². The van der Waals surface area contributed by atoms with E-state index in [4.69, 9.17) is 9.47 Å². The standard InChI is InChI=1S/C46H82O4/c1-7-11-21-29-39(5)31-23-17-13-15-19-25-33-41(9-3)37-49-45(47)43-35-27-28-36-44(43)46(48)50-38-42(10-4)34-26-20-16-14-18-24-32-40(6)30-22-12-8-2/h27-28,35-36,39-42H,7-26,29-34,37-38H2,1-6H3.